The van der Waals surface area contributed by atoms with Gasteiger partial charge in [0.2, 0.25) is 0 Å². The standard InChI is InChI=1S/C7H8.BrH.H2O/c1-7-5-3-2-4-6-7;;/h2-6H,1H3;1H;1H2. The molecule has 0 atom stereocenters. The molecule has 0 aliphatic rings. The molecule has 1 rings (SSSR count). The van der Waals surface area contributed by atoms with E-state index in [0.29, 0.717) is 0 Å². The molecule has 0 saturated heterocycles. The molecule has 0 spiro atoms. The first-order chi connectivity index (χ1) is 3.39. The summed E-state index contributed by atoms with van der Waals surface area (Å²) in [6.45, 7) is 2.08. The normalized spacial score (nSPS) is 6.78. The molecular weight excluding hydrogens is 180 g/mol. The summed E-state index contributed by atoms with van der Waals surface area (Å²) in [5.41, 5.74) is 1.32. The van der Waals surface area contributed by atoms with E-state index in [1.165, 1.54) is 5.56 Å². The Hall–Kier alpha value is -0.340. The third-order valence-corrected chi connectivity index (χ3v) is 0.940. The van der Waals surface area contributed by atoms with E-state index >= 15 is 0 Å². The van der Waals surface area contributed by atoms with Crippen molar-refractivity contribution in [3.8, 4) is 0 Å². The molecular formula is C7H11BrO. The summed E-state index contributed by atoms with van der Waals surface area (Å²) < 4.78 is 0. The second kappa shape index (κ2) is 5.79. The van der Waals surface area contributed by atoms with Crippen molar-refractivity contribution in [2.45, 2.75) is 6.92 Å². The Morgan fingerprint density at radius 3 is 1.67 bits per heavy atom. The van der Waals surface area contributed by atoms with Gasteiger partial charge < -0.3 is 5.48 Å². The van der Waals surface area contributed by atoms with Gasteiger partial charge in [-0.3, -0.25) is 0 Å². The molecule has 0 aromatic heterocycles. The van der Waals surface area contributed by atoms with Crippen LogP contribution in [0.3, 0.4) is 0 Å². The van der Waals surface area contributed by atoms with E-state index in [4.69, 9.17) is 0 Å². The van der Waals surface area contributed by atoms with Gasteiger partial charge in [-0.25, -0.2) is 0 Å². The summed E-state index contributed by atoms with van der Waals surface area (Å²) in [5.74, 6) is 0. The Kier molecular flexibility index (Phi) is 7.37. The molecule has 2 N–H and O–H groups in total. The fourth-order valence-electron chi connectivity index (χ4n) is 0.534. The van der Waals surface area contributed by atoms with E-state index in [1.54, 1.807) is 0 Å². The fraction of sp³-hybridized carbons (Fsp3) is 0.143. The maximum atomic E-state index is 2.08. The van der Waals surface area contributed by atoms with E-state index in [9.17, 15) is 0 Å². The van der Waals surface area contributed by atoms with Gasteiger partial charge in [0.05, 0.1) is 0 Å². The van der Waals surface area contributed by atoms with Crippen LogP contribution in [0.25, 0.3) is 0 Å². The minimum absolute atomic E-state index is 0. The molecule has 0 fully saturated rings. The molecule has 9 heavy (non-hydrogen) atoms. The minimum Gasteiger partial charge on any atom is -0.412 e. The van der Waals surface area contributed by atoms with Crippen molar-refractivity contribution in [2.24, 2.45) is 0 Å². The molecule has 0 aliphatic carbocycles. The summed E-state index contributed by atoms with van der Waals surface area (Å²) in [6, 6.07) is 10.3. The molecule has 0 radical (unpaired) electrons. The molecule has 0 heterocycles. The molecule has 0 amide bonds. The highest BCUT2D eigenvalue weighted by Gasteiger charge is 1.72. The second-order valence-corrected chi connectivity index (χ2v) is 1.65. The first-order valence-corrected chi connectivity index (χ1v) is 2.41. The Morgan fingerprint density at radius 1 is 1.00 bits per heavy atom. The largest absolute Gasteiger partial charge is 0.412 e. The number of benzene rings is 1. The van der Waals surface area contributed by atoms with Gasteiger partial charge in [0.15, 0.2) is 0 Å². The number of halogens is 1. The Bertz CT molecular complexity index is 139. The summed E-state index contributed by atoms with van der Waals surface area (Å²) in [5, 5.41) is 0. The Labute approximate surface area is 65.8 Å². The number of hydrogen-bond acceptors (Lipinski definition) is 0. The monoisotopic (exact) mass is 190 g/mol. The first-order valence-electron chi connectivity index (χ1n) is 2.41. The number of rotatable bonds is 0. The van der Waals surface area contributed by atoms with Crippen molar-refractivity contribution in [3.05, 3.63) is 35.9 Å². The zero-order chi connectivity index (χ0) is 5.11. The lowest BCUT2D eigenvalue weighted by Crippen LogP contribution is -1.62. The van der Waals surface area contributed by atoms with Gasteiger partial charge in [0, 0.05) is 0 Å². The summed E-state index contributed by atoms with van der Waals surface area (Å²) in [7, 11) is 0. The zero-order valence-corrected chi connectivity index (χ0v) is 7.01. The molecule has 1 aromatic rings. The van der Waals surface area contributed by atoms with E-state index in [0.717, 1.165) is 0 Å². The summed E-state index contributed by atoms with van der Waals surface area (Å²) in [6.07, 6.45) is 0. The van der Waals surface area contributed by atoms with E-state index in [2.05, 4.69) is 19.1 Å². The van der Waals surface area contributed by atoms with Gasteiger partial charge in [0.25, 0.3) is 0 Å². The lowest BCUT2D eigenvalue weighted by atomic mass is 10.2. The Balaban J connectivity index is 0. The van der Waals surface area contributed by atoms with Crippen LogP contribution < -0.4 is 0 Å². The van der Waals surface area contributed by atoms with Crippen LogP contribution in [-0.2, 0) is 0 Å². The molecule has 2 heteroatoms. The zero-order valence-electron chi connectivity index (χ0n) is 5.29. The predicted molar refractivity (Wildman–Crippen MR) is 45.1 cm³/mol. The number of aryl methyl sites for hydroxylation is 1. The van der Waals surface area contributed by atoms with Gasteiger partial charge >= 0.3 is 0 Å². The molecule has 1 nitrogen and oxygen atoms in total. The lowest BCUT2D eigenvalue weighted by Gasteiger charge is -1.82. The minimum atomic E-state index is 0. The fourth-order valence-corrected chi connectivity index (χ4v) is 0.534. The highest BCUT2D eigenvalue weighted by molar-refractivity contribution is 8.93. The summed E-state index contributed by atoms with van der Waals surface area (Å²) >= 11 is 0. The average molecular weight is 191 g/mol. The van der Waals surface area contributed by atoms with Crippen LogP contribution in [0.5, 0.6) is 0 Å². The van der Waals surface area contributed by atoms with Crippen molar-refractivity contribution >= 4 is 17.0 Å². The maximum Gasteiger partial charge on any atom is -0.0398 e. The average Bonchev–Trinajstić information content (AvgIpc) is 1.69. The van der Waals surface area contributed by atoms with Crippen LogP contribution in [0, 0.1) is 6.92 Å². The van der Waals surface area contributed by atoms with Crippen molar-refractivity contribution in [1.82, 2.24) is 0 Å². The van der Waals surface area contributed by atoms with Crippen LogP contribution in [0.15, 0.2) is 30.3 Å². The van der Waals surface area contributed by atoms with Gasteiger partial charge in [-0.2, -0.15) is 0 Å². The number of hydrogen-bond donors (Lipinski definition) is 0. The van der Waals surface area contributed by atoms with Crippen molar-refractivity contribution in [3.63, 3.8) is 0 Å². The third-order valence-electron chi connectivity index (χ3n) is 0.940. The molecule has 0 saturated carbocycles. The molecule has 52 valence electrons. The van der Waals surface area contributed by atoms with Crippen LogP contribution in [-0.4, -0.2) is 5.48 Å². The highest BCUT2D eigenvalue weighted by atomic mass is 79.9. The Morgan fingerprint density at radius 2 is 1.44 bits per heavy atom. The van der Waals surface area contributed by atoms with Crippen LogP contribution in [0.4, 0.5) is 0 Å². The highest BCUT2D eigenvalue weighted by Crippen LogP contribution is 1.92. The van der Waals surface area contributed by atoms with Gasteiger partial charge in [0.1, 0.15) is 0 Å². The third kappa shape index (κ3) is 4.18. The van der Waals surface area contributed by atoms with E-state index in [1.807, 2.05) is 18.2 Å². The van der Waals surface area contributed by atoms with Crippen LogP contribution >= 0.6 is 17.0 Å². The van der Waals surface area contributed by atoms with Gasteiger partial charge in [-0.15, -0.1) is 17.0 Å². The SMILES string of the molecule is Br.Cc1ccccc1.O. The van der Waals surface area contributed by atoms with Gasteiger partial charge in [-0.05, 0) is 6.92 Å². The maximum absolute atomic E-state index is 2.08. The molecule has 0 aliphatic heterocycles. The molecule has 1 aromatic carbocycles. The topological polar surface area (TPSA) is 31.5 Å². The smallest absolute Gasteiger partial charge is 0.0398 e. The van der Waals surface area contributed by atoms with E-state index < -0.39 is 0 Å². The van der Waals surface area contributed by atoms with E-state index in [-0.39, 0.29) is 22.5 Å². The van der Waals surface area contributed by atoms with Crippen LogP contribution in [0.1, 0.15) is 5.56 Å². The summed E-state index contributed by atoms with van der Waals surface area (Å²) in [4.78, 5) is 0. The predicted octanol–water partition coefficient (Wildman–Crippen LogP) is 1.75. The van der Waals surface area contributed by atoms with Crippen molar-refractivity contribution in [2.75, 3.05) is 0 Å². The van der Waals surface area contributed by atoms with Gasteiger partial charge in [-0.1, -0.05) is 35.9 Å². The first kappa shape index (κ1) is 11.5. The molecule has 0 bridgehead atoms. The van der Waals surface area contributed by atoms with Crippen LogP contribution in [0.2, 0.25) is 0 Å². The second-order valence-electron chi connectivity index (χ2n) is 1.65. The van der Waals surface area contributed by atoms with Crippen molar-refractivity contribution in [1.29, 1.82) is 0 Å². The quantitative estimate of drug-likeness (QED) is 0.598. The lowest BCUT2D eigenvalue weighted by molar-refractivity contribution is 0.824. The van der Waals surface area contributed by atoms with Crippen molar-refractivity contribution < 1.29 is 5.48 Å². The molecule has 0 unspecified atom stereocenters.